The minimum Gasteiger partial charge on any atom is -0.316 e. The van der Waals surface area contributed by atoms with Crippen LogP contribution in [0.5, 0.6) is 0 Å². The molecule has 2 aliphatic carbocycles. The molecule has 0 aromatic rings. The van der Waals surface area contributed by atoms with Crippen LogP contribution in [0.2, 0.25) is 0 Å². The molecule has 2 aliphatic rings. The van der Waals surface area contributed by atoms with E-state index < -0.39 is 0 Å². The van der Waals surface area contributed by atoms with Crippen molar-refractivity contribution < 1.29 is 0 Å². The number of hydrogen-bond acceptors (Lipinski definition) is 2. The van der Waals surface area contributed by atoms with Crippen LogP contribution in [0, 0.1) is 11.3 Å². The van der Waals surface area contributed by atoms with E-state index in [1.165, 1.54) is 77.3 Å². The van der Waals surface area contributed by atoms with Crippen LogP contribution in [-0.2, 0) is 0 Å². The Morgan fingerprint density at radius 2 is 1.67 bits per heavy atom. The molecule has 0 heterocycles. The first-order valence-electron chi connectivity index (χ1n) is 9.60. The highest BCUT2D eigenvalue weighted by Crippen LogP contribution is 2.38. The summed E-state index contributed by atoms with van der Waals surface area (Å²) in [5.41, 5.74) is 0.560. The van der Waals surface area contributed by atoms with E-state index in [1.54, 1.807) is 0 Å². The largest absolute Gasteiger partial charge is 0.316 e. The molecule has 1 N–H and O–H groups in total. The van der Waals surface area contributed by atoms with E-state index in [9.17, 15) is 0 Å². The van der Waals surface area contributed by atoms with Gasteiger partial charge in [-0.2, -0.15) is 0 Å². The summed E-state index contributed by atoms with van der Waals surface area (Å²) < 4.78 is 0. The Morgan fingerprint density at radius 3 is 2.24 bits per heavy atom. The quantitative estimate of drug-likeness (QED) is 0.746. The average Bonchev–Trinajstić information content (AvgIpc) is 2.54. The van der Waals surface area contributed by atoms with Gasteiger partial charge in [0.05, 0.1) is 0 Å². The second-order valence-electron chi connectivity index (χ2n) is 7.84. The van der Waals surface area contributed by atoms with Crippen LogP contribution in [0.3, 0.4) is 0 Å². The Kier molecular flexibility index (Phi) is 7.01. The second-order valence-corrected chi connectivity index (χ2v) is 7.84. The van der Waals surface area contributed by atoms with Crippen LogP contribution in [0.25, 0.3) is 0 Å². The maximum atomic E-state index is 3.66. The van der Waals surface area contributed by atoms with E-state index in [4.69, 9.17) is 0 Å². The van der Waals surface area contributed by atoms with Gasteiger partial charge in [-0.3, -0.25) is 0 Å². The van der Waals surface area contributed by atoms with Crippen molar-refractivity contribution in [1.29, 1.82) is 0 Å². The van der Waals surface area contributed by atoms with E-state index >= 15 is 0 Å². The van der Waals surface area contributed by atoms with Crippen molar-refractivity contribution in [3.63, 3.8) is 0 Å². The molecule has 0 aromatic heterocycles. The minimum absolute atomic E-state index is 0.560. The van der Waals surface area contributed by atoms with E-state index in [0.717, 1.165) is 18.5 Å². The number of rotatable bonds is 7. The van der Waals surface area contributed by atoms with Gasteiger partial charge in [0.25, 0.3) is 0 Å². The summed E-state index contributed by atoms with van der Waals surface area (Å²) in [7, 11) is 2.40. The van der Waals surface area contributed by atoms with Crippen molar-refractivity contribution in [1.82, 2.24) is 10.2 Å². The molecule has 0 aliphatic heterocycles. The zero-order valence-electron chi connectivity index (χ0n) is 14.8. The lowest BCUT2D eigenvalue weighted by Gasteiger charge is -2.44. The van der Waals surface area contributed by atoms with Gasteiger partial charge in [0.15, 0.2) is 0 Å². The van der Waals surface area contributed by atoms with Gasteiger partial charge >= 0.3 is 0 Å². The lowest BCUT2D eigenvalue weighted by atomic mass is 9.73. The standard InChI is InChI=1S/C19H38N2/c1-4-17-9-11-18(12-10-17)21(3)16-19(15-20-5-2)13-7-6-8-14-19/h17-18,20H,4-16H2,1-3H3. The highest BCUT2D eigenvalue weighted by atomic mass is 15.1. The van der Waals surface area contributed by atoms with E-state index in [0.29, 0.717) is 5.41 Å². The van der Waals surface area contributed by atoms with Crippen LogP contribution in [0.15, 0.2) is 0 Å². The third kappa shape index (κ3) is 4.96. The zero-order valence-corrected chi connectivity index (χ0v) is 14.8. The van der Waals surface area contributed by atoms with Crippen LogP contribution >= 0.6 is 0 Å². The first kappa shape index (κ1) is 17.3. The summed E-state index contributed by atoms with van der Waals surface area (Å²) >= 11 is 0. The van der Waals surface area contributed by atoms with Crippen LogP contribution in [-0.4, -0.2) is 37.6 Å². The van der Waals surface area contributed by atoms with E-state index in [-0.39, 0.29) is 0 Å². The molecule has 0 atom stereocenters. The van der Waals surface area contributed by atoms with Gasteiger partial charge in [0, 0.05) is 19.1 Å². The highest BCUT2D eigenvalue weighted by molar-refractivity contribution is 4.89. The van der Waals surface area contributed by atoms with Crippen molar-refractivity contribution in [2.24, 2.45) is 11.3 Å². The maximum absolute atomic E-state index is 3.66. The molecule has 124 valence electrons. The molecule has 2 saturated carbocycles. The van der Waals surface area contributed by atoms with Crippen molar-refractivity contribution in [2.45, 2.75) is 84.1 Å². The molecule has 0 saturated heterocycles. The Morgan fingerprint density at radius 1 is 1.00 bits per heavy atom. The number of nitrogens with zero attached hydrogens (tertiary/aromatic N) is 1. The van der Waals surface area contributed by atoms with Gasteiger partial charge in [-0.1, -0.05) is 39.5 Å². The van der Waals surface area contributed by atoms with Gasteiger partial charge in [-0.15, -0.1) is 0 Å². The fraction of sp³-hybridized carbons (Fsp3) is 1.00. The highest BCUT2D eigenvalue weighted by Gasteiger charge is 2.34. The first-order valence-corrected chi connectivity index (χ1v) is 9.60. The lowest BCUT2D eigenvalue weighted by molar-refractivity contribution is 0.0730. The number of hydrogen-bond donors (Lipinski definition) is 1. The Hall–Kier alpha value is -0.0800. The zero-order chi connectivity index (χ0) is 15.1. The molecule has 0 aromatic carbocycles. The monoisotopic (exact) mass is 294 g/mol. The van der Waals surface area contributed by atoms with E-state index in [1.807, 2.05) is 0 Å². The molecule has 2 rings (SSSR count). The molecule has 0 unspecified atom stereocenters. The lowest BCUT2D eigenvalue weighted by Crippen LogP contribution is -2.47. The fourth-order valence-corrected chi connectivity index (χ4v) is 4.73. The molecule has 21 heavy (non-hydrogen) atoms. The SMILES string of the molecule is CCNCC1(CN(C)C2CCC(CC)CC2)CCCCC1. The molecule has 0 bridgehead atoms. The van der Waals surface area contributed by atoms with Crippen molar-refractivity contribution >= 4 is 0 Å². The minimum atomic E-state index is 0.560. The summed E-state index contributed by atoms with van der Waals surface area (Å²) in [6.07, 6.45) is 14.4. The van der Waals surface area contributed by atoms with Crippen molar-refractivity contribution in [3.8, 4) is 0 Å². The third-order valence-electron chi connectivity index (χ3n) is 6.27. The van der Waals surface area contributed by atoms with Gasteiger partial charge in [-0.05, 0) is 63.5 Å². The summed E-state index contributed by atoms with van der Waals surface area (Å²) in [6, 6.07) is 0.855. The first-order chi connectivity index (χ1) is 10.2. The Labute approximate surface area is 133 Å². The van der Waals surface area contributed by atoms with Crippen LogP contribution in [0.4, 0.5) is 0 Å². The molecule has 2 fully saturated rings. The molecule has 0 spiro atoms. The molecule has 2 nitrogen and oxygen atoms in total. The summed E-state index contributed by atoms with van der Waals surface area (Å²) in [4.78, 5) is 2.73. The Balaban J connectivity index is 1.87. The topological polar surface area (TPSA) is 15.3 Å². The van der Waals surface area contributed by atoms with Gasteiger partial charge in [-0.25, -0.2) is 0 Å². The van der Waals surface area contributed by atoms with Crippen LogP contribution < -0.4 is 5.32 Å². The molecular formula is C19H38N2. The second kappa shape index (κ2) is 8.53. The summed E-state index contributed by atoms with van der Waals surface area (Å²) in [6.45, 7) is 8.28. The summed E-state index contributed by atoms with van der Waals surface area (Å²) in [5.74, 6) is 1.01. The van der Waals surface area contributed by atoms with Crippen molar-refractivity contribution in [3.05, 3.63) is 0 Å². The third-order valence-corrected chi connectivity index (χ3v) is 6.27. The molecule has 2 heteroatoms. The predicted molar refractivity (Wildman–Crippen MR) is 92.7 cm³/mol. The van der Waals surface area contributed by atoms with E-state index in [2.05, 4.69) is 31.1 Å². The molecule has 0 amide bonds. The van der Waals surface area contributed by atoms with Gasteiger partial charge in [0.2, 0.25) is 0 Å². The van der Waals surface area contributed by atoms with Gasteiger partial charge < -0.3 is 10.2 Å². The van der Waals surface area contributed by atoms with Gasteiger partial charge in [0.1, 0.15) is 0 Å². The summed E-state index contributed by atoms with van der Waals surface area (Å²) in [5, 5.41) is 3.66. The average molecular weight is 295 g/mol. The number of nitrogens with one attached hydrogen (secondary N) is 1. The smallest absolute Gasteiger partial charge is 0.00926 e. The fourth-order valence-electron chi connectivity index (χ4n) is 4.73. The molecule has 0 radical (unpaired) electrons. The van der Waals surface area contributed by atoms with Crippen molar-refractivity contribution in [2.75, 3.05) is 26.7 Å². The van der Waals surface area contributed by atoms with Crippen LogP contribution in [0.1, 0.15) is 78.1 Å². The predicted octanol–water partition coefficient (Wildman–Crippen LogP) is 4.45. The Bertz CT molecular complexity index is 275. The molecular weight excluding hydrogens is 256 g/mol. The normalized spacial score (nSPS) is 29.7. The maximum Gasteiger partial charge on any atom is 0.00926 e.